The van der Waals surface area contributed by atoms with E-state index in [2.05, 4.69) is 4.90 Å². The van der Waals surface area contributed by atoms with Crippen LogP contribution in [0.5, 0.6) is 0 Å². The first-order chi connectivity index (χ1) is 12.8. The molecule has 1 aliphatic rings. The van der Waals surface area contributed by atoms with Gasteiger partial charge in [0.15, 0.2) is 0 Å². The van der Waals surface area contributed by atoms with Gasteiger partial charge in [0.1, 0.15) is 5.70 Å². The van der Waals surface area contributed by atoms with Crippen LogP contribution in [0.4, 0.5) is 5.69 Å². The van der Waals surface area contributed by atoms with Crippen molar-refractivity contribution >= 4 is 11.4 Å². The molecule has 4 rings (SSSR count). The van der Waals surface area contributed by atoms with Crippen molar-refractivity contribution in [2.24, 2.45) is 0 Å². The highest BCUT2D eigenvalue weighted by Gasteiger charge is 2.40. The van der Waals surface area contributed by atoms with E-state index >= 15 is 0 Å². The Labute approximate surface area is 152 Å². The summed E-state index contributed by atoms with van der Waals surface area (Å²) in [5.74, 6) is 0. The van der Waals surface area contributed by atoms with Crippen molar-refractivity contribution in [2.45, 2.75) is 12.5 Å². The lowest BCUT2D eigenvalue weighted by Gasteiger charge is -2.29. The van der Waals surface area contributed by atoms with E-state index in [1.165, 1.54) is 0 Å². The van der Waals surface area contributed by atoms with E-state index in [1.54, 1.807) is 0 Å². The average Bonchev–Trinajstić information content (AvgIpc) is 3.11. The molecule has 1 heterocycles. The predicted molar refractivity (Wildman–Crippen MR) is 103 cm³/mol. The van der Waals surface area contributed by atoms with Gasteiger partial charge in [0.05, 0.1) is 17.4 Å². The summed E-state index contributed by atoms with van der Waals surface area (Å²) in [5.41, 5.74) is 3.82. The van der Waals surface area contributed by atoms with Crippen LogP contribution in [0.1, 0.15) is 23.6 Å². The Morgan fingerprint density at radius 3 is 1.92 bits per heavy atom. The molecule has 1 aliphatic heterocycles. The zero-order chi connectivity index (χ0) is 17.9. The topological polar surface area (TPSA) is 46.4 Å². The van der Waals surface area contributed by atoms with Gasteiger partial charge in [-0.15, -0.1) is 0 Å². The van der Waals surface area contributed by atoms with Gasteiger partial charge in [-0.3, -0.25) is 10.1 Å². The molecule has 3 aromatic rings. The molecule has 0 aromatic heterocycles. The quantitative estimate of drug-likeness (QED) is 0.478. The van der Waals surface area contributed by atoms with Crippen molar-refractivity contribution in [3.8, 4) is 0 Å². The average molecular weight is 342 g/mol. The monoisotopic (exact) mass is 342 g/mol. The molecule has 0 amide bonds. The van der Waals surface area contributed by atoms with Crippen LogP contribution in [0.2, 0.25) is 0 Å². The Kier molecular flexibility index (Phi) is 4.23. The van der Waals surface area contributed by atoms with Crippen LogP contribution in [-0.2, 0) is 0 Å². The number of nitro groups is 1. The summed E-state index contributed by atoms with van der Waals surface area (Å²) in [6, 6.07) is 29.4. The molecule has 4 heteroatoms. The molecule has 0 bridgehead atoms. The first kappa shape index (κ1) is 16.1. The molecule has 0 saturated carbocycles. The molecule has 1 unspecified atom stereocenters. The van der Waals surface area contributed by atoms with Gasteiger partial charge in [-0.1, -0.05) is 78.9 Å². The maximum Gasteiger partial charge on any atom is 0.272 e. The maximum absolute atomic E-state index is 11.9. The number of hydrogen-bond acceptors (Lipinski definition) is 3. The first-order valence-corrected chi connectivity index (χ1v) is 8.58. The van der Waals surface area contributed by atoms with Gasteiger partial charge in [-0.2, -0.15) is 0 Å². The summed E-state index contributed by atoms with van der Waals surface area (Å²) in [6.45, 7) is 0. The second-order valence-electron chi connectivity index (χ2n) is 6.25. The molecule has 0 N–H and O–H groups in total. The molecular weight excluding hydrogens is 324 g/mol. The van der Waals surface area contributed by atoms with E-state index in [1.807, 2.05) is 91.0 Å². The van der Waals surface area contributed by atoms with E-state index in [-0.39, 0.29) is 16.7 Å². The Balaban J connectivity index is 1.92. The standard InChI is InChI=1S/C22H18N2O2/c25-24(26)21-16-20(17-10-4-1-5-11-17)23(19-14-8-3-9-15-19)22(21)18-12-6-2-7-13-18/h1-15,20H,16H2. The Hall–Kier alpha value is -3.40. The number of benzene rings is 3. The second kappa shape index (κ2) is 6.84. The molecular formula is C22H18N2O2. The molecule has 4 nitrogen and oxygen atoms in total. The number of para-hydroxylation sites is 1. The molecule has 0 aliphatic carbocycles. The van der Waals surface area contributed by atoms with Crippen molar-refractivity contribution in [3.63, 3.8) is 0 Å². The Morgan fingerprint density at radius 2 is 1.35 bits per heavy atom. The third-order valence-corrected chi connectivity index (χ3v) is 4.70. The highest BCUT2D eigenvalue weighted by Crippen LogP contribution is 2.46. The molecule has 0 spiro atoms. The number of hydrogen-bond donors (Lipinski definition) is 0. The fourth-order valence-corrected chi connectivity index (χ4v) is 3.57. The molecule has 128 valence electrons. The third-order valence-electron chi connectivity index (χ3n) is 4.70. The highest BCUT2D eigenvalue weighted by molar-refractivity contribution is 5.84. The first-order valence-electron chi connectivity index (χ1n) is 8.58. The maximum atomic E-state index is 11.9. The van der Waals surface area contributed by atoms with Crippen molar-refractivity contribution in [2.75, 3.05) is 4.90 Å². The summed E-state index contributed by atoms with van der Waals surface area (Å²) in [7, 11) is 0. The highest BCUT2D eigenvalue weighted by atomic mass is 16.6. The van der Waals surface area contributed by atoms with Crippen molar-refractivity contribution in [1.82, 2.24) is 0 Å². The molecule has 3 aromatic carbocycles. The van der Waals surface area contributed by atoms with Gasteiger partial charge in [0.2, 0.25) is 0 Å². The van der Waals surface area contributed by atoms with Crippen LogP contribution in [0, 0.1) is 10.1 Å². The fourth-order valence-electron chi connectivity index (χ4n) is 3.57. The fraction of sp³-hybridized carbons (Fsp3) is 0.0909. The van der Waals surface area contributed by atoms with Gasteiger partial charge in [-0.25, -0.2) is 0 Å². The summed E-state index contributed by atoms with van der Waals surface area (Å²) in [5, 5.41) is 11.9. The summed E-state index contributed by atoms with van der Waals surface area (Å²) in [4.78, 5) is 13.7. The Bertz CT molecular complexity index is 938. The van der Waals surface area contributed by atoms with Crippen LogP contribution in [-0.4, -0.2) is 4.92 Å². The van der Waals surface area contributed by atoms with Crippen molar-refractivity contribution < 1.29 is 4.92 Å². The van der Waals surface area contributed by atoms with E-state index < -0.39 is 0 Å². The smallest absolute Gasteiger partial charge is 0.272 e. The third kappa shape index (κ3) is 2.86. The van der Waals surface area contributed by atoms with Crippen LogP contribution in [0.25, 0.3) is 5.70 Å². The minimum Gasteiger partial charge on any atom is -0.328 e. The van der Waals surface area contributed by atoms with Crippen LogP contribution in [0.15, 0.2) is 96.7 Å². The SMILES string of the molecule is O=[N+]([O-])C1=C(c2ccccc2)N(c2ccccc2)C(c2ccccc2)C1. The molecule has 0 fully saturated rings. The van der Waals surface area contributed by atoms with E-state index in [0.29, 0.717) is 12.1 Å². The summed E-state index contributed by atoms with van der Waals surface area (Å²) >= 11 is 0. The Morgan fingerprint density at radius 1 is 0.808 bits per heavy atom. The van der Waals surface area contributed by atoms with Crippen LogP contribution < -0.4 is 4.90 Å². The van der Waals surface area contributed by atoms with Crippen LogP contribution >= 0.6 is 0 Å². The summed E-state index contributed by atoms with van der Waals surface area (Å²) < 4.78 is 0. The van der Waals surface area contributed by atoms with Crippen molar-refractivity contribution in [1.29, 1.82) is 0 Å². The van der Waals surface area contributed by atoms with E-state index in [0.717, 1.165) is 16.8 Å². The molecule has 1 atom stereocenters. The summed E-state index contributed by atoms with van der Waals surface area (Å²) in [6.07, 6.45) is 0.371. The molecule has 0 saturated heterocycles. The lowest BCUT2D eigenvalue weighted by molar-refractivity contribution is -0.426. The van der Waals surface area contributed by atoms with Gasteiger partial charge < -0.3 is 4.90 Å². The molecule has 26 heavy (non-hydrogen) atoms. The lowest BCUT2D eigenvalue weighted by Crippen LogP contribution is -2.22. The number of nitrogens with zero attached hydrogens (tertiary/aromatic N) is 2. The largest absolute Gasteiger partial charge is 0.328 e. The molecule has 0 radical (unpaired) electrons. The zero-order valence-corrected chi connectivity index (χ0v) is 14.2. The minimum absolute atomic E-state index is 0.103. The van der Waals surface area contributed by atoms with Gasteiger partial charge >= 0.3 is 0 Å². The minimum atomic E-state index is -0.235. The van der Waals surface area contributed by atoms with Gasteiger partial charge in [-0.05, 0) is 17.7 Å². The van der Waals surface area contributed by atoms with E-state index in [9.17, 15) is 10.1 Å². The van der Waals surface area contributed by atoms with Gasteiger partial charge in [0, 0.05) is 11.3 Å². The van der Waals surface area contributed by atoms with E-state index in [4.69, 9.17) is 0 Å². The lowest BCUT2D eigenvalue weighted by atomic mass is 10.0. The number of rotatable bonds is 4. The normalized spacial score (nSPS) is 16.8. The van der Waals surface area contributed by atoms with Crippen LogP contribution in [0.3, 0.4) is 0 Å². The van der Waals surface area contributed by atoms with Gasteiger partial charge in [0.25, 0.3) is 5.70 Å². The number of anilines is 1. The van der Waals surface area contributed by atoms with Crippen molar-refractivity contribution in [3.05, 3.63) is 118 Å². The zero-order valence-electron chi connectivity index (χ0n) is 14.2. The second-order valence-corrected chi connectivity index (χ2v) is 6.25. The predicted octanol–water partition coefficient (Wildman–Crippen LogP) is 5.28.